The molecule has 1 unspecified atom stereocenters. The molecule has 1 amide bonds. The molecule has 0 bridgehead atoms. The molecule has 138 valence electrons. The maximum absolute atomic E-state index is 12.8. The Bertz CT molecular complexity index is 782. The zero-order chi connectivity index (χ0) is 18.6. The van der Waals surface area contributed by atoms with Crippen LogP contribution >= 0.6 is 11.6 Å². The molecule has 1 aliphatic heterocycles. The summed E-state index contributed by atoms with van der Waals surface area (Å²) in [5.41, 5.74) is -0.542. The number of carbonyl (C=O) groups is 1. The highest BCUT2D eigenvalue weighted by Crippen LogP contribution is 2.26. The molecule has 1 atom stereocenters. The standard InChI is InChI=1S/C20H22ClNO4/c1-25-17-7-2-5-15(11-17)19(23)22-10-4-9-20(24,13-22)14-26-18-8-3-6-16(21)12-18/h2-3,5-8,11-12,24H,4,9-10,13-14H2,1H3. The van der Waals surface area contributed by atoms with E-state index in [1.807, 2.05) is 0 Å². The molecule has 1 saturated heterocycles. The van der Waals surface area contributed by atoms with Crippen molar-refractivity contribution in [1.29, 1.82) is 0 Å². The fraction of sp³-hybridized carbons (Fsp3) is 0.350. The van der Waals surface area contributed by atoms with Crippen molar-refractivity contribution in [2.75, 3.05) is 26.8 Å². The van der Waals surface area contributed by atoms with Crippen molar-refractivity contribution in [3.63, 3.8) is 0 Å². The zero-order valence-electron chi connectivity index (χ0n) is 14.7. The minimum Gasteiger partial charge on any atom is -0.497 e. The van der Waals surface area contributed by atoms with Gasteiger partial charge in [0.05, 0.1) is 13.7 Å². The number of piperidine rings is 1. The molecule has 26 heavy (non-hydrogen) atoms. The molecule has 0 spiro atoms. The van der Waals surface area contributed by atoms with Gasteiger partial charge in [0.1, 0.15) is 23.7 Å². The number of rotatable bonds is 5. The van der Waals surface area contributed by atoms with Crippen LogP contribution in [0.15, 0.2) is 48.5 Å². The lowest BCUT2D eigenvalue weighted by Gasteiger charge is -2.39. The van der Waals surface area contributed by atoms with Gasteiger partial charge >= 0.3 is 0 Å². The van der Waals surface area contributed by atoms with Crippen LogP contribution in [0.3, 0.4) is 0 Å². The lowest BCUT2D eigenvalue weighted by molar-refractivity contribution is -0.0532. The number of hydrogen-bond donors (Lipinski definition) is 1. The van der Waals surface area contributed by atoms with Gasteiger partial charge in [0, 0.05) is 17.1 Å². The third kappa shape index (κ3) is 4.48. The van der Waals surface area contributed by atoms with Gasteiger partial charge in [-0.3, -0.25) is 4.79 Å². The third-order valence-corrected chi connectivity index (χ3v) is 4.70. The first-order chi connectivity index (χ1) is 12.5. The van der Waals surface area contributed by atoms with Gasteiger partial charge in [-0.05, 0) is 49.2 Å². The van der Waals surface area contributed by atoms with Crippen molar-refractivity contribution in [2.45, 2.75) is 18.4 Å². The first-order valence-electron chi connectivity index (χ1n) is 8.53. The summed E-state index contributed by atoms with van der Waals surface area (Å²) in [6, 6.07) is 14.1. The predicted octanol–water partition coefficient (Wildman–Crippen LogP) is 3.39. The zero-order valence-corrected chi connectivity index (χ0v) is 15.4. The Kier molecular flexibility index (Phi) is 5.69. The van der Waals surface area contributed by atoms with E-state index >= 15 is 0 Å². The number of aliphatic hydroxyl groups is 1. The summed E-state index contributed by atoms with van der Waals surface area (Å²) in [5.74, 6) is 1.11. The summed E-state index contributed by atoms with van der Waals surface area (Å²) in [5, 5.41) is 11.5. The Morgan fingerprint density at radius 3 is 2.77 bits per heavy atom. The lowest BCUT2D eigenvalue weighted by Crippen LogP contribution is -2.53. The molecule has 1 fully saturated rings. The Morgan fingerprint density at radius 1 is 1.23 bits per heavy atom. The molecule has 1 aliphatic rings. The summed E-state index contributed by atoms with van der Waals surface area (Å²) in [6.45, 7) is 0.939. The summed E-state index contributed by atoms with van der Waals surface area (Å²) in [4.78, 5) is 14.4. The van der Waals surface area contributed by atoms with Gasteiger partial charge in [-0.25, -0.2) is 0 Å². The molecule has 0 aromatic heterocycles. The van der Waals surface area contributed by atoms with E-state index in [1.165, 1.54) is 0 Å². The first-order valence-corrected chi connectivity index (χ1v) is 8.91. The van der Waals surface area contributed by atoms with Crippen LogP contribution in [0.2, 0.25) is 5.02 Å². The average molecular weight is 376 g/mol. The summed E-state index contributed by atoms with van der Waals surface area (Å²) in [6.07, 6.45) is 1.29. The first kappa shape index (κ1) is 18.5. The number of likely N-dealkylation sites (tertiary alicyclic amines) is 1. The van der Waals surface area contributed by atoms with Crippen molar-refractivity contribution in [1.82, 2.24) is 4.90 Å². The Labute approximate surface area is 158 Å². The van der Waals surface area contributed by atoms with Crippen molar-refractivity contribution >= 4 is 17.5 Å². The fourth-order valence-electron chi connectivity index (χ4n) is 3.12. The molecule has 6 heteroatoms. The second kappa shape index (κ2) is 7.98. The van der Waals surface area contributed by atoms with Crippen molar-refractivity contribution in [3.8, 4) is 11.5 Å². The van der Waals surface area contributed by atoms with E-state index < -0.39 is 5.60 Å². The molecule has 0 radical (unpaired) electrons. The van der Waals surface area contributed by atoms with Crippen LogP contribution in [0.1, 0.15) is 23.2 Å². The SMILES string of the molecule is COc1cccc(C(=O)N2CCCC(O)(COc3cccc(Cl)c3)C2)c1. The van der Waals surface area contributed by atoms with Crippen LogP contribution < -0.4 is 9.47 Å². The second-order valence-corrected chi connectivity index (χ2v) is 6.97. The molecule has 5 nitrogen and oxygen atoms in total. The molecular formula is C20H22ClNO4. The largest absolute Gasteiger partial charge is 0.497 e. The van der Waals surface area contributed by atoms with Crippen molar-refractivity contribution in [3.05, 3.63) is 59.1 Å². The van der Waals surface area contributed by atoms with E-state index in [0.29, 0.717) is 41.5 Å². The smallest absolute Gasteiger partial charge is 0.254 e. The van der Waals surface area contributed by atoms with Crippen LogP contribution in [0.4, 0.5) is 0 Å². The number of methoxy groups -OCH3 is 1. The summed E-state index contributed by atoms with van der Waals surface area (Å²) in [7, 11) is 1.57. The van der Waals surface area contributed by atoms with E-state index in [9.17, 15) is 9.90 Å². The van der Waals surface area contributed by atoms with Gasteiger partial charge in [0.25, 0.3) is 5.91 Å². The molecule has 0 aliphatic carbocycles. The highest BCUT2D eigenvalue weighted by molar-refractivity contribution is 6.30. The molecule has 2 aromatic carbocycles. The molecule has 2 aromatic rings. The number of amides is 1. The van der Waals surface area contributed by atoms with Crippen molar-refractivity contribution < 1.29 is 19.4 Å². The van der Waals surface area contributed by atoms with Gasteiger partial charge in [0.15, 0.2) is 0 Å². The van der Waals surface area contributed by atoms with E-state index in [-0.39, 0.29) is 19.1 Å². The quantitative estimate of drug-likeness (QED) is 0.870. The molecule has 3 rings (SSSR count). The molecule has 1 N–H and O–H groups in total. The second-order valence-electron chi connectivity index (χ2n) is 6.53. The Hall–Kier alpha value is -2.24. The Morgan fingerprint density at radius 2 is 2.00 bits per heavy atom. The molecular weight excluding hydrogens is 354 g/mol. The molecule has 1 heterocycles. The fourth-order valence-corrected chi connectivity index (χ4v) is 3.30. The van der Waals surface area contributed by atoms with Crippen LogP contribution in [0.5, 0.6) is 11.5 Å². The number of hydrogen-bond acceptors (Lipinski definition) is 4. The minimum absolute atomic E-state index is 0.106. The topological polar surface area (TPSA) is 59.0 Å². The van der Waals surface area contributed by atoms with E-state index in [1.54, 1.807) is 60.5 Å². The summed E-state index contributed by atoms with van der Waals surface area (Å²) < 4.78 is 10.9. The van der Waals surface area contributed by atoms with Crippen LogP contribution in [-0.2, 0) is 0 Å². The highest BCUT2D eigenvalue weighted by atomic mass is 35.5. The minimum atomic E-state index is -1.09. The van der Waals surface area contributed by atoms with E-state index in [0.717, 1.165) is 0 Å². The maximum atomic E-state index is 12.8. The summed E-state index contributed by atoms with van der Waals surface area (Å²) >= 11 is 5.95. The normalized spacial score (nSPS) is 19.9. The number of benzene rings is 2. The third-order valence-electron chi connectivity index (χ3n) is 4.46. The van der Waals surface area contributed by atoms with E-state index in [4.69, 9.17) is 21.1 Å². The maximum Gasteiger partial charge on any atom is 0.254 e. The Balaban J connectivity index is 1.66. The van der Waals surface area contributed by atoms with Gasteiger partial charge in [0.2, 0.25) is 0 Å². The van der Waals surface area contributed by atoms with Crippen LogP contribution in [0, 0.1) is 0 Å². The van der Waals surface area contributed by atoms with Gasteiger partial charge in [-0.15, -0.1) is 0 Å². The van der Waals surface area contributed by atoms with Gasteiger partial charge in [-0.2, -0.15) is 0 Å². The lowest BCUT2D eigenvalue weighted by atomic mass is 9.93. The van der Waals surface area contributed by atoms with Gasteiger partial charge in [-0.1, -0.05) is 23.7 Å². The highest BCUT2D eigenvalue weighted by Gasteiger charge is 2.36. The number of halogens is 1. The number of β-amino-alcohol motifs (C(OH)–C–C–N with tert-alkyl or cyclic N) is 1. The van der Waals surface area contributed by atoms with Crippen LogP contribution in [0.25, 0.3) is 0 Å². The van der Waals surface area contributed by atoms with Crippen molar-refractivity contribution in [2.24, 2.45) is 0 Å². The monoisotopic (exact) mass is 375 g/mol. The number of nitrogens with zero attached hydrogens (tertiary/aromatic N) is 1. The van der Waals surface area contributed by atoms with Gasteiger partial charge < -0.3 is 19.5 Å². The molecule has 0 saturated carbocycles. The predicted molar refractivity (Wildman–Crippen MR) is 100 cm³/mol. The number of ether oxygens (including phenoxy) is 2. The van der Waals surface area contributed by atoms with Crippen LogP contribution in [-0.4, -0.2) is 48.3 Å². The van der Waals surface area contributed by atoms with E-state index in [2.05, 4.69) is 0 Å². The number of carbonyl (C=O) groups excluding carboxylic acids is 1. The average Bonchev–Trinajstić information content (AvgIpc) is 2.66.